The van der Waals surface area contributed by atoms with E-state index < -0.39 is 0 Å². The van der Waals surface area contributed by atoms with E-state index in [1.165, 1.54) is 11.3 Å². The van der Waals surface area contributed by atoms with E-state index in [-0.39, 0.29) is 5.91 Å². The summed E-state index contributed by atoms with van der Waals surface area (Å²) in [6.07, 6.45) is 3.37. The fraction of sp³-hybridized carbons (Fsp3) is 0.0625. The lowest BCUT2D eigenvalue weighted by Crippen LogP contribution is -2.15. The van der Waals surface area contributed by atoms with Gasteiger partial charge in [-0.3, -0.25) is 9.78 Å². The molecule has 0 bridgehead atoms. The van der Waals surface area contributed by atoms with E-state index in [1.54, 1.807) is 24.0 Å². The third-order valence-electron chi connectivity index (χ3n) is 3.27. The summed E-state index contributed by atoms with van der Waals surface area (Å²) in [5.41, 5.74) is 10.8. The summed E-state index contributed by atoms with van der Waals surface area (Å²) in [7, 11) is 0. The van der Waals surface area contributed by atoms with E-state index in [4.69, 9.17) is 5.73 Å². The molecule has 7 heteroatoms. The van der Waals surface area contributed by atoms with Gasteiger partial charge >= 0.3 is 0 Å². The standard InChI is InChI=1S/C16H15N5OS/c1-10-4-2-6-12(13(10)17)21-15(22)14-16(23-9-19-14)20-11-5-3-7-18-8-11/h2-9,20H,17H2,1H3,(H,21,22). The molecule has 0 fully saturated rings. The number of amides is 1. The number of hydrogen-bond donors (Lipinski definition) is 3. The van der Waals surface area contributed by atoms with Crippen LogP contribution in [0.2, 0.25) is 0 Å². The van der Waals surface area contributed by atoms with Crippen LogP contribution in [0.4, 0.5) is 22.1 Å². The highest BCUT2D eigenvalue weighted by molar-refractivity contribution is 7.14. The summed E-state index contributed by atoms with van der Waals surface area (Å²) in [5.74, 6) is -0.310. The van der Waals surface area contributed by atoms with Crippen LogP contribution in [-0.4, -0.2) is 15.9 Å². The minimum absolute atomic E-state index is 0.310. The molecule has 0 aliphatic carbocycles. The molecule has 2 heterocycles. The number of thiazole rings is 1. The number of rotatable bonds is 4. The van der Waals surface area contributed by atoms with Crippen molar-refractivity contribution in [2.75, 3.05) is 16.4 Å². The van der Waals surface area contributed by atoms with Crippen LogP contribution in [0.5, 0.6) is 0 Å². The quantitative estimate of drug-likeness (QED) is 0.639. The number of pyridine rings is 1. The van der Waals surface area contributed by atoms with Crippen LogP contribution in [0.3, 0.4) is 0 Å². The normalized spacial score (nSPS) is 10.3. The summed E-state index contributed by atoms with van der Waals surface area (Å²) in [6, 6.07) is 9.19. The van der Waals surface area contributed by atoms with Crippen molar-refractivity contribution in [3.63, 3.8) is 0 Å². The maximum atomic E-state index is 12.5. The van der Waals surface area contributed by atoms with Gasteiger partial charge in [-0.1, -0.05) is 12.1 Å². The molecule has 3 aromatic rings. The molecule has 0 unspecified atom stereocenters. The van der Waals surface area contributed by atoms with Gasteiger partial charge in [0.15, 0.2) is 5.69 Å². The maximum Gasteiger partial charge on any atom is 0.277 e. The average Bonchev–Trinajstić information content (AvgIpc) is 3.01. The van der Waals surface area contributed by atoms with Crippen molar-refractivity contribution < 1.29 is 4.79 Å². The first-order chi connectivity index (χ1) is 11.1. The number of para-hydroxylation sites is 1. The van der Waals surface area contributed by atoms with Crippen molar-refractivity contribution in [2.45, 2.75) is 6.92 Å². The Balaban J connectivity index is 1.81. The van der Waals surface area contributed by atoms with E-state index >= 15 is 0 Å². The topological polar surface area (TPSA) is 92.9 Å². The summed E-state index contributed by atoms with van der Waals surface area (Å²) in [4.78, 5) is 20.6. The van der Waals surface area contributed by atoms with Gasteiger partial charge < -0.3 is 16.4 Å². The van der Waals surface area contributed by atoms with Gasteiger partial charge in [-0.2, -0.15) is 0 Å². The zero-order valence-corrected chi connectivity index (χ0v) is 13.2. The van der Waals surface area contributed by atoms with Gasteiger partial charge in [0.2, 0.25) is 0 Å². The Morgan fingerprint density at radius 1 is 1.26 bits per heavy atom. The minimum Gasteiger partial charge on any atom is -0.397 e. The Labute approximate surface area is 137 Å². The zero-order chi connectivity index (χ0) is 16.2. The molecule has 1 aromatic carbocycles. The molecule has 0 atom stereocenters. The second-order valence-corrected chi connectivity index (χ2v) is 5.74. The zero-order valence-electron chi connectivity index (χ0n) is 12.4. The molecule has 0 saturated heterocycles. The number of nitrogens with one attached hydrogen (secondary N) is 2. The van der Waals surface area contributed by atoms with Crippen molar-refractivity contribution in [3.05, 3.63) is 59.5 Å². The summed E-state index contributed by atoms with van der Waals surface area (Å²) < 4.78 is 0. The van der Waals surface area contributed by atoms with Crippen LogP contribution in [-0.2, 0) is 0 Å². The van der Waals surface area contributed by atoms with Crippen LogP contribution in [0.1, 0.15) is 16.1 Å². The number of carbonyl (C=O) groups is 1. The lowest BCUT2D eigenvalue weighted by atomic mass is 10.1. The highest BCUT2D eigenvalue weighted by Gasteiger charge is 2.16. The van der Waals surface area contributed by atoms with Crippen LogP contribution < -0.4 is 16.4 Å². The summed E-state index contributed by atoms with van der Waals surface area (Å²) >= 11 is 1.35. The number of benzene rings is 1. The van der Waals surface area contributed by atoms with Gasteiger partial charge in [0.05, 0.1) is 28.8 Å². The number of carbonyl (C=O) groups excluding carboxylic acids is 1. The lowest BCUT2D eigenvalue weighted by molar-refractivity contribution is 0.102. The molecule has 116 valence electrons. The first-order valence-electron chi connectivity index (χ1n) is 6.92. The Bertz CT molecular complexity index is 831. The Hall–Kier alpha value is -2.93. The van der Waals surface area contributed by atoms with E-state index in [0.717, 1.165) is 11.3 Å². The predicted molar refractivity (Wildman–Crippen MR) is 93.2 cm³/mol. The summed E-state index contributed by atoms with van der Waals surface area (Å²) in [6.45, 7) is 1.89. The van der Waals surface area contributed by atoms with Crippen molar-refractivity contribution in [1.82, 2.24) is 9.97 Å². The van der Waals surface area contributed by atoms with E-state index in [2.05, 4.69) is 20.6 Å². The van der Waals surface area contributed by atoms with Crippen LogP contribution in [0.25, 0.3) is 0 Å². The molecule has 1 amide bonds. The molecule has 2 aromatic heterocycles. The predicted octanol–water partition coefficient (Wildman–Crippen LogP) is 3.42. The first-order valence-corrected chi connectivity index (χ1v) is 7.80. The number of nitrogens with zero attached hydrogens (tertiary/aromatic N) is 2. The van der Waals surface area contributed by atoms with Crippen LogP contribution in [0.15, 0.2) is 48.2 Å². The smallest absolute Gasteiger partial charge is 0.277 e. The molecule has 3 rings (SSSR count). The van der Waals surface area contributed by atoms with Crippen molar-refractivity contribution >= 4 is 39.3 Å². The number of nitrogen functional groups attached to an aromatic ring is 1. The average molecular weight is 325 g/mol. The maximum absolute atomic E-state index is 12.5. The molecular weight excluding hydrogens is 310 g/mol. The number of hydrogen-bond acceptors (Lipinski definition) is 6. The number of anilines is 4. The molecular formula is C16H15N5OS. The third kappa shape index (κ3) is 3.29. The molecule has 4 N–H and O–H groups in total. The van der Waals surface area contributed by atoms with E-state index in [9.17, 15) is 4.79 Å². The van der Waals surface area contributed by atoms with Gasteiger partial charge in [0.25, 0.3) is 5.91 Å². The molecule has 23 heavy (non-hydrogen) atoms. The van der Waals surface area contributed by atoms with Gasteiger partial charge in [0.1, 0.15) is 5.00 Å². The SMILES string of the molecule is Cc1cccc(NC(=O)c2ncsc2Nc2cccnc2)c1N. The van der Waals surface area contributed by atoms with Crippen molar-refractivity contribution in [2.24, 2.45) is 0 Å². The van der Waals surface area contributed by atoms with Gasteiger partial charge in [-0.05, 0) is 30.7 Å². The molecule has 0 saturated carbocycles. The summed E-state index contributed by atoms with van der Waals surface area (Å²) in [5, 5.41) is 6.61. The molecule has 6 nitrogen and oxygen atoms in total. The fourth-order valence-electron chi connectivity index (χ4n) is 2.04. The van der Waals surface area contributed by atoms with Gasteiger partial charge in [-0.15, -0.1) is 11.3 Å². The van der Waals surface area contributed by atoms with Crippen LogP contribution in [0, 0.1) is 6.92 Å². The Morgan fingerprint density at radius 2 is 2.13 bits per heavy atom. The van der Waals surface area contributed by atoms with E-state index in [0.29, 0.717) is 22.1 Å². The number of aryl methyl sites for hydroxylation is 1. The third-order valence-corrected chi connectivity index (χ3v) is 4.02. The van der Waals surface area contributed by atoms with Crippen LogP contribution >= 0.6 is 11.3 Å². The highest BCUT2D eigenvalue weighted by atomic mass is 32.1. The highest BCUT2D eigenvalue weighted by Crippen LogP contribution is 2.27. The molecule has 0 aliphatic heterocycles. The second-order valence-electron chi connectivity index (χ2n) is 4.89. The van der Waals surface area contributed by atoms with Gasteiger partial charge in [-0.25, -0.2) is 4.98 Å². The van der Waals surface area contributed by atoms with Crippen molar-refractivity contribution in [3.8, 4) is 0 Å². The molecule has 0 aliphatic rings. The lowest BCUT2D eigenvalue weighted by Gasteiger charge is -2.10. The Morgan fingerprint density at radius 3 is 2.91 bits per heavy atom. The largest absolute Gasteiger partial charge is 0.397 e. The van der Waals surface area contributed by atoms with Gasteiger partial charge in [0, 0.05) is 6.20 Å². The monoisotopic (exact) mass is 325 g/mol. The second kappa shape index (κ2) is 6.45. The molecule has 0 spiro atoms. The minimum atomic E-state index is -0.310. The number of nitrogens with two attached hydrogens (primary N) is 1. The molecule has 0 radical (unpaired) electrons. The Kier molecular flexibility index (Phi) is 4.20. The first kappa shape index (κ1) is 15.0. The fourth-order valence-corrected chi connectivity index (χ4v) is 2.73. The number of aromatic nitrogens is 2. The van der Waals surface area contributed by atoms with E-state index in [1.807, 2.05) is 31.2 Å². The van der Waals surface area contributed by atoms with Crippen molar-refractivity contribution in [1.29, 1.82) is 0 Å².